The molecule has 0 bridgehead atoms. The molecule has 0 saturated carbocycles. The normalized spacial score (nSPS) is 12.0. The summed E-state index contributed by atoms with van der Waals surface area (Å²) < 4.78 is 5.76. The van der Waals surface area contributed by atoms with Crippen LogP contribution >= 0.6 is 0 Å². The molecule has 0 aliphatic carbocycles. The predicted molar refractivity (Wildman–Crippen MR) is 111 cm³/mol. The van der Waals surface area contributed by atoms with Gasteiger partial charge in [-0.1, -0.05) is 75.6 Å². The third kappa shape index (κ3) is 7.18. The molecule has 150 valence electrons. The summed E-state index contributed by atoms with van der Waals surface area (Å²) in [5.74, 6) is -0.993. The van der Waals surface area contributed by atoms with Gasteiger partial charge in [-0.25, -0.2) is 9.59 Å². The van der Waals surface area contributed by atoms with Gasteiger partial charge >= 0.3 is 11.9 Å². The summed E-state index contributed by atoms with van der Waals surface area (Å²) in [7, 11) is 0. The Hall–Kier alpha value is -2.62. The molecular weight excluding hydrogens is 352 g/mol. The van der Waals surface area contributed by atoms with Crippen molar-refractivity contribution in [3.63, 3.8) is 0 Å². The molecule has 2 aromatic rings. The molecular formula is C24H30O4. The van der Waals surface area contributed by atoms with Crippen molar-refractivity contribution >= 4 is 11.9 Å². The minimum Gasteiger partial charge on any atom is -0.478 e. The summed E-state index contributed by atoms with van der Waals surface area (Å²) in [6.07, 6.45) is 5.60. The van der Waals surface area contributed by atoms with Crippen LogP contribution in [0.2, 0.25) is 0 Å². The molecule has 0 aromatic heterocycles. The van der Waals surface area contributed by atoms with Gasteiger partial charge in [0.15, 0.2) is 0 Å². The van der Waals surface area contributed by atoms with Crippen LogP contribution in [0.5, 0.6) is 0 Å². The summed E-state index contributed by atoms with van der Waals surface area (Å²) in [5, 5.41) is 9.32. The zero-order chi connectivity index (χ0) is 20.4. The van der Waals surface area contributed by atoms with Crippen LogP contribution in [-0.2, 0) is 11.2 Å². The van der Waals surface area contributed by atoms with Crippen molar-refractivity contribution in [2.75, 3.05) is 0 Å². The Labute approximate surface area is 167 Å². The van der Waals surface area contributed by atoms with E-state index in [1.54, 1.807) is 12.1 Å². The summed E-state index contributed by atoms with van der Waals surface area (Å²) in [6, 6.07) is 16.1. The third-order valence-electron chi connectivity index (χ3n) is 4.76. The Bertz CT molecular complexity index is 752. The number of hydrogen-bond donors (Lipinski definition) is 1. The van der Waals surface area contributed by atoms with E-state index in [1.807, 2.05) is 30.3 Å². The molecule has 2 rings (SSSR count). The second kappa shape index (κ2) is 11.3. The summed E-state index contributed by atoms with van der Waals surface area (Å²) >= 11 is 0. The quantitative estimate of drug-likeness (QED) is 0.396. The lowest BCUT2D eigenvalue weighted by Crippen LogP contribution is -2.22. The maximum atomic E-state index is 12.7. The van der Waals surface area contributed by atoms with Crippen LogP contribution in [0.4, 0.5) is 0 Å². The third-order valence-corrected chi connectivity index (χ3v) is 4.76. The van der Waals surface area contributed by atoms with Crippen LogP contribution in [0.3, 0.4) is 0 Å². The molecule has 2 aromatic carbocycles. The smallest absolute Gasteiger partial charge is 0.339 e. The highest BCUT2D eigenvalue weighted by molar-refractivity contribution is 6.02. The lowest BCUT2D eigenvalue weighted by molar-refractivity contribution is 0.0272. The molecule has 0 fully saturated rings. The molecule has 0 amide bonds. The largest absolute Gasteiger partial charge is 0.478 e. The second-order valence-electron chi connectivity index (χ2n) is 7.60. The van der Waals surface area contributed by atoms with Crippen LogP contribution in [0.25, 0.3) is 0 Å². The first-order chi connectivity index (χ1) is 13.5. The number of esters is 1. The fraction of sp³-hybridized carbons (Fsp3) is 0.417. The van der Waals surface area contributed by atoms with Crippen LogP contribution in [0.1, 0.15) is 72.2 Å². The van der Waals surface area contributed by atoms with Gasteiger partial charge in [-0.3, -0.25) is 0 Å². The molecule has 1 N–H and O–H groups in total. The van der Waals surface area contributed by atoms with Crippen LogP contribution in [-0.4, -0.2) is 23.1 Å². The van der Waals surface area contributed by atoms with Crippen LogP contribution in [0, 0.1) is 5.92 Å². The van der Waals surface area contributed by atoms with Gasteiger partial charge in [0, 0.05) is 6.42 Å². The van der Waals surface area contributed by atoms with Crippen molar-refractivity contribution in [2.45, 2.75) is 58.5 Å². The molecule has 0 aliphatic rings. The van der Waals surface area contributed by atoms with Gasteiger partial charge in [-0.05, 0) is 36.5 Å². The van der Waals surface area contributed by atoms with Gasteiger partial charge in [-0.15, -0.1) is 0 Å². The maximum absolute atomic E-state index is 12.7. The summed E-state index contributed by atoms with van der Waals surface area (Å²) in [6.45, 7) is 4.44. The SMILES string of the molecule is CC(C)CCCCCC(Cc1ccccc1)OC(=O)c1ccccc1C(=O)O. The van der Waals surface area contributed by atoms with Crippen molar-refractivity contribution in [1.82, 2.24) is 0 Å². The van der Waals surface area contributed by atoms with Gasteiger partial charge in [-0.2, -0.15) is 0 Å². The highest BCUT2D eigenvalue weighted by Gasteiger charge is 2.21. The number of carboxylic acids is 1. The van der Waals surface area contributed by atoms with Gasteiger partial charge in [0.2, 0.25) is 0 Å². The van der Waals surface area contributed by atoms with Crippen molar-refractivity contribution in [2.24, 2.45) is 5.92 Å². The minimum absolute atomic E-state index is 0.0251. The molecule has 0 spiro atoms. The van der Waals surface area contributed by atoms with Gasteiger partial charge < -0.3 is 9.84 Å². The van der Waals surface area contributed by atoms with E-state index in [-0.39, 0.29) is 17.2 Å². The first-order valence-electron chi connectivity index (χ1n) is 10.0. The highest BCUT2D eigenvalue weighted by Crippen LogP contribution is 2.18. The second-order valence-corrected chi connectivity index (χ2v) is 7.60. The zero-order valence-corrected chi connectivity index (χ0v) is 16.8. The van der Waals surface area contributed by atoms with Gasteiger partial charge in [0.05, 0.1) is 11.1 Å². The Morgan fingerprint density at radius 3 is 2.11 bits per heavy atom. The fourth-order valence-corrected chi connectivity index (χ4v) is 3.24. The van der Waals surface area contributed by atoms with E-state index in [0.717, 1.165) is 24.8 Å². The molecule has 4 heteroatoms. The van der Waals surface area contributed by atoms with E-state index in [4.69, 9.17) is 4.74 Å². The van der Waals surface area contributed by atoms with Gasteiger partial charge in [0.1, 0.15) is 6.10 Å². The lowest BCUT2D eigenvalue weighted by atomic mass is 10.00. The average molecular weight is 383 g/mol. The predicted octanol–water partition coefficient (Wildman–Crippen LogP) is 5.76. The molecule has 0 heterocycles. The molecule has 0 saturated heterocycles. The average Bonchev–Trinajstić information content (AvgIpc) is 2.68. The fourth-order valence-electron chi connectivity index (χ4n) is 3.24. The first kappa shape index (κ1) is 21.7. The maximum Gasteiger partial charge on any atom is 0.339 e. The molecule has 0 aliphatic heterocycles. The van der Waals surface area contributed by atoms with E-state index < -0.39 is 11.9 Å². The Balaban J connectivity index is 2.03. The molecule has 1 unspecified atom stereocenters. The number of unbranched alkanes of at least 4 members (excludes halogenated alkanes) is 2. The van der Waals surface area contributed by atoms with Crippen molar-refractivity contribution in [3.05, 3.63) is 71.3 Å². The van der Waals surface area contributed by atoms with E-state index in [1.165, 1.54) is 25.0 Å². The number of benzene rings is 2. The first-order valence-corrected chi connectivity index (χ1v) is 10.0. The molecule has 4 nitrogen and oxygen atoms in total. The minimum atomic E-state index is -1.12. The van der Waals surface area contributed by atoms with Crippen LogP contribution < -0.4 is 0 Å². The topological polar surface area (TPSA) is 63.6 Å². The number of carboxylic acid groups (broad SMARTS) is 1. The molecule has 28 heavy (non-hydrogen) atoms. The monoisotopic (exact) mass is 382 g/mol. The molecule has 0 radical (unpaired) electrons. The van der Waals surface area contributed by atoms with E-state index in [2.05, 4.69) is 13.8 Å². The number of aromatic carboxylic acids is 1. The van der Waals surface area contributed by atoms with E-state index in [0.29, 0.717) is 12.3 Å². The van der Waals surface area contributed by atoms with Crippen molar-refractivity contribution in [3.8, 4) is 0 Å². The molecule has 1 atom stereocenters. The number of carbonyl (C=O) groups is 2. The Morgan fingerprint density at radius 2 is 1.46 bits per heavy atom. The summed E-state index contributed by atoms with van der Waals surface area (Å²) in [4.78, 5) is 24.1. The Kier molecular flexibility index (Phi) is 8.73. The standard InChI is InChI=1S/C24H30O4/c1-18(2)11-5-3-8-14-20(17-19-12-6-4-7-13-19)28-24(27)22-16-10-9-15-21(22)23(25)26/h4,6-7,9-10,12-13,15-16,18,20H,3,5,8,11,14,17H2,1-2H3,(H,25,26). The highest BCUT2D eigenvalue weighted by atomic mass is 16.5. The van der Waals surface area contributed by atoms with E-state index >= 15 is 0 Å². The van der Waals surface area contributed by atoms with Crippen molar-refractivity contribution < 1.29 is 19.4 Å². The van der Waals surface area contributed by atoms with Crippen molar-refractivity contribution in [1.29, 1.82) is 0 Å². The van der Waals surface area contributed by atoms with E-state index in [9.17, 15) is 14.7 Å². The van der Waals surface area contributed by atoms with Crippen LogP contribution in [0.15, 0.2) is 54.6 Å². The number of ether oxygens (including phenoxy) is 1. The summed E-state index contributed by atoms with van der Waals surface area (Å²) in [5.41, 5.74) is 1.18. The lowest BCUT2D eigenvalue weighted by Gasteiger charge is -2.19. The zero-order valence-electron chi connectivity index (χ0n) is 16.8. The Morgan fingerprint density at radius 1 is 0.857 bits per heavy atom. The number of rotatable bonds is 11. The number of hydrogen-bond acceptors (Lipinski definition) is 3. The van der Waals surface area contributed by atoms with Gasteiger partial charge in [0.25, 0.3) is 0 Å². The number of carbonyl (C=O) groups excluding carboxylic acids is 1.